The number of primary amides is 1. The van der Waals surface area contributed by atoms with Gasteiger partial charge in [-0.25, -0.2) is 4.79 Å². The monoisotopic (exact) mass is 269 g/mol. The topological polar surface area (TPSA) is 84.2 Å². The Hall–Kier alpha value is -2.82. The van der Waals surface area contributed by atoms with Crippen LogP contribution in [0.25, 0.3) is 0 Å². The first-order valence-corrected chi connectivity index (χ1v) is 6.10. The van der Waals surface area contributed by atoms with Crippen molar-refractivity contribution in [1.82, 2.24) is 0 Å². The smallest absolute Gasteiger partial charge is 0.316 e. The fraction of sp³-hybridized carbons (Fsp3) is 0.0667. The zero-order valence-corrected chi connectivity index (χ0v) is 11.0. The minimum atomic E-state index is -0.639. The van der Waals surface area contributed by atoms with Crippen molar-refractivity contribution in [2.75, 3.05) is 10.6 Å². The maximum absolute atomic E-state index is 12.0. The lowest BCUT2D eigenvalue weighted by atomic mass is 10.1. The summed E-state index contributed by atoms with van der Waals surface area (Å²) in [5.74, 6) is -0.209. The second-order valence-electron chi connectivity index (χ2n) is 4.34. The van der Waals surface area contributed by atoms with Gasteiger partial charge in [-0.05, 0) is 36.8 Å². The van der Waals surface area contributed by atoms with Crippen LogP contribution in [-0.4, -0.2) is 11.9 Å². The molecule has 2 rings (SSSR count). The van der Waals surface area contributed by atoms with Crippen LogP contribution in [0.1, 0.15) is 15.9 Å². The Morgan fingerprint density at radius 1 is 1.00 bits per heavy atom. The number of amides is 3. The molecule has 102 valence electrons. The molecule has 0 unspecified atom stereocenters. The van der Waals surface area contributed by atoms with Gasteiger partial charge in [0.25, 0.3) is 5.91 Å². The molecule has 2 aromatic carbocycles. The number of carbonyl (C=O) groups excluding carboxylic acids is 2. The number of aryl methyl sites for hydroxylation is 1. The van der Waals surface area contributed by atoms with Gasteiger partial charge in [0.2, 0.25) is 0 Å². The van der Waals surface area contributed by atoms with Crippen LogP contribution in [0.5, 0.6) is 0 Å². The zero-order valence-electron chi connectivity index (χ0n) is 11.0. The molecule has 0 saturated heterocycles. The SMILES string of the molecule is Cc1ccc(NC(=O)c2ccccc2)cc1NC(N)=O. The molecular weight excluding hydrogens is 254 g/mol. The summed E-state index contributed by atoms with van der Waals surface area (Å²) in [6.07, 6.45) is 0. The number of carbonyl (C=O) groups is 2. The summed E-state index contributed by atoms with van der Waals surface area (Å²) in [6, 6.07) is 13.5. The Balaban J connectivity index is 2.18. The summed E-state index contributed by atoms with van der Waals surface area (Å²) < 4.78 is 0. The molecule has 0 spiro atoms. The maximum Gasteiger partial charge on any atom is 0.316 e. The van der Waals surface area contributed by atoms with Crippen LogP contribution in [0.2, 0.25) is 0 Å². The molecule has 5 heteroatoms. The van der Waals surface area contributed by atoms with Gasteiger partial charge in [-0.3, -0.25) is 4.79 Å². The maximum atomic E-state index is 12.0. The highest BCUT2D eigenvalue weighted by atomic mass is 16.2. The highest BCUT2D eigenvalue weighted by Crippen LogP contribution is 2.20. The third-order valence-electron chi connectivity index (χ3n) is 2.79. The highest BCUT2D eigenvalue weighted by molar-refractivity contribution is 6.04. The van der Waals surface area contributed by atoms with Gasteiger partial charge in [0, 0.05) is 16.9 Å². The van der Waals surface area contributed by atoms with E-state index in [2.05, 4.69) is 10.6 Å². The van der Waals surface area contributed by atoms with E-state index in [1.807, 2.05) is 13.0 Å². The van der Waals surface area contributed by atoms with Gasteiger partial charge in [0.15, 0.2) is 0 Å². The van der Waals surface area contributed by atoms with Crippen molar-refractivity contribution < 1.29 is 9.59 Å². The summed E-state index contributed by atoms with van der Waals surface area (Å²) in [7, 11) is 0. The van der Waals surface area contributed by atoms with Gasteiger partial charge in [-0.15, -0.1) is 0 Å². The Kier molecular flexibility index (Phi) is 4.00. The van der Waals surface area contributed by atoms with Gasteiger partial charge in [-0.1, -0.05) is 24.3 Å². The van der Waals surface area contributed by atoms with E-state index >= 15 is 0 Å². The summed E-state index contributed by atoms with van der Waals surface area (Å²) in [6.45, 7) is 1.84. The summed E-state index contributed by atoms with van der Waals surface area (Å²) >= 11 is 0. The van der Waals surface area contributed by atoms with E-state index in [0.29, 0.717) is 16.9 Å². The molecule has 2 aromatic rings. The van der Waals surface area contributed by atoms with Gasteiger partial charge >= 0.3 is 6.03 Å². The van der Waals surface area contributed by atoms with Gasteiger partial charge < -0.3 is 16.4 Å². The lowest BCUT2D eigenvalue weighted by Crippen LogP contribution is -2.20. The van der Waals surface area contributed by atoms with Gasteiger partial charge in [0.1, 0.15) is 0 Å². The van der Waals surface area contributed by atoms with Crippen molar-refractivity contribution in [2.24, 2.45) is 5.73 Å². The first-order chi connectivity index (χ1) is 9.56. The molecule has 0 bridgehead atoms. The molecule has 0 radical (unpaired) electrons. The molecule has 0 fully saturated rings. The van der Waals surface area contributed by atoms with Crippen molar-refractivity contribution >= 4 is 23.3 Å². The fourth-order valence-corrected chi connectivity index (χ4v) is 1.76. The molecule has 5 nitrogen and oxygen atoms in total. The molecule has 0 aromatic heterocycles. The van der Waals surface area contributed by atoms with E-state index in [1.165, 1.54) is 0 Å². The summed E-state index contributed by atoms with van der Waals surface area (Å²) in [5, 5.41) is 5.28. The molecule has 0 aliphatic heterocycles. The lowest BCUT2D eigenvalue weighted by molar-refractivity contribution is 0.102. The molecule has 3 amide bonds. The average molecular weight is 269 g/mol. The Morgan fingerprint density at radius 3 is 2.35 bits per heavy atom. The average Bonchev–Trinajstić information content (AvgIpc) is 2.43. The van der Waals surface area contributed by atoms with Crippen molar-refractivity contribution in [3.8, 4) is 0 Å². The summed E-state index contributed by atoms with van der Waals surface area (Å²) in [5.41, 5.74) is 7.69. The quantitative estimate of drug-likeness (QED) is 0.800. The second-order valence-corrected chi connectivity index (χ2v) is 4.34. The first-order valence-electron chi connectivity index (χ1n) is 6.10. The standard InChI is InChI=1S/C15H15N3O2/c1-10-7-8-12(9-13(10)18-15(16)20)17-14(19)11-5-3-2-4-6-11/h2-9H,1H3,(H,17,19)(H3,16,18,20). The van der Waals surface area contributed by atoms with Crippen molar-refractivity contribution in [1.29, 1.82) is 0 Å². The minimum absolute atomic E-state index is 0.209. The minimum Gasteiger partial charge on any atom is -0.351 e. The van der Waals surface area contributed by atoms with E-state index in [4.69, 9.17) is 5.73 Å². The number of hydrogen-bond acceptors (Lipinski definition) is 2. The first kappa shape index (κ1) is 13.6. The second kappa shape index (κ2) is 5.88. The molecule has 0 heterocycles. The number of nitrogens with one attached hydrogen (secondary N) is 2. The summed E-state index contributed by atoms with van der Waals surface area (Å²) in [4.78, 5) is 22.9. The predicted octanol–water partition coefficient (Wildman–Crippen LogP) is 2.74. The van der Waals surface area contributed by atoms with E-state index in [-0.39, 0.29) is 5.91 Å². The van der Waals surface area contributed by atoms with Crippen molar-refractivity contribution in [3.05, 3.63) is 59.7 Å². The van der Waals surface area contributed by atoms with Crippen LogP contribution >= 0.6 is 0 Å². The Labute approximate surface area is 116 Å². The lowest BCUT2D eigenvalue weighted by Gasteiger charge is -2.10. The van der Waals surface area contributed by atoms with E-state index < -0.39 is 6.03 Å². The molecule has 0 saturated carbocycles. The molecule has 0 atom stereocenters. The molecule has 0 aliphatic carbocycles. The van der Waals surface area contributed by atoms with Crippen LogP contribution in [-0.2, 0) is 0 Å². The van der Waals surface area contributed by atoms with Crippen LogP contribution in [0, 0.1) is 6.92 Å². The normalized spacial score (nSPS) is 9.85. The third kappa shape index (κ3) is 3.35. The molecular formula is C15H15N3O2. The number of rotatable bonds is 3. The molecule has 20 heavy (non-hydrogen) atoms. The number of benzene rings is 2. The Bertz CT molecular complexity index is 639. The number of urea groups is 1. The number of nitrogens with two attached hydrogens (primary N) is 1. The van der Waals surface area contributed by atoms with Crippen molar-refractivity contribution in [2.45, 2.75) is 6.92 Å². The van der Waals surface area contributed by atoms with E-state index in [1.54, 1.807) is 42.5 Å². The van der Waals surface area contributed by atoms with Gasteiger partial charge in [0.05, 0.1) is 0 Å². The van der Waals surface area contributed by atoms with Crippen LogP contribution in [0.15, 0.2) is 48.5 Å². The van der Waals surface area contributed by atoms with Crippen molar-refractivity contribution in [3.63, 3.8) is 0 Å². The highest BCUT2D eigenvalue weighted by Gasteiger charge is 2.07. The third-order valence-corrected chi connectivity index (χ3v) is 2.79. The number of anilines is 2. The van der Waals surface area contributed by atoms with Crippen LogP contribution in [0.3, 0.4) is 0 Å². The predicted molar refractivity (Wildman–Crippen MR) is 78.8 cm³/mol. The van der Waals surface area contributed by atoms with Crippen LogP contribution < -0.4 is 16.4 Å². The Morgan fingerprint density at radius 2 is 1.70 bits per heavy atom. The zero-order chi connectivity index (χ0) is 14.5. The van der Waals surface area contributed by atoms with E-state index in [9.17, 15) is 9.59 Å². The molecule has 0 aliphatic rings. The van der Waals surface area contributed by atoms with Crippen LogP contribution in [0.4, 0.5) is 16.2 Å². The largest absolute Gasteiger partial charge is 0.351 e. The van der Waals surface area contributed by atoms with E-state index in [0.717, 1.165) is 5.56 Å². The number of hydrogen-bond donors (Lipinski definition) is 3. The van der Waals surface area contributed by atoms with Gasteiger partial charge in [-0.2, -0.15) is 0 Å². The molecule has 4 N–H and O–H groups in total. The fourth-order valence-electron chi connectivity index (χ4n) is 1.76.